The lowest BCUT2D eigenvalue weighted by Crippen LogP contribution is -2.28. The van der Waals surface area contributed by atoms with E-state index in [-0.39, 0.29) is 6.61 Å². The van der Waals surface area contributed by atoms with Crippen molar-refractivity contribution in [2.24, 2.45) is 0 Å². The van der Waals surface area contributed by atoms with Crippen molar-refractivity contribution in [2.45, 2.75) is 13.5 Å². The highest BCUT2D eigenvalue weighted by Crippen LogP contribution is 2.15. The first-order valence-corrected chi connectivity index (χ1v) is 4.85. The third-order valence-electron chi connectivity index (χ3n) is 2.41. The van der Waals surface area contributed by atoms with Gasteiger partial charge in [0, 0.05) is 12.2 Å². The standard InChI is InChI=1S/C10H11N3O3/c1-6-2-3-7-8(13(6)4-5-14)11-10(16)12-9(7)15/h2-3,14H,4-5H2,1H3,(H,12,15,16). The zero-order chi connectivity index (χ0) is 11.7. The largest absolute Gasteiger partial charge is 0.395 e. The molecule has 2 aliphatic heterocycles. The van der Waals surface area contributed by atoms with Crippen LogP contribution in [0.3, 0.4) is 0 Å². The highest BCUT2D eigenvalue weighted by Gasteiger charge is 2.13. The predicted octanol–water partition coefficient (Wildman–Crippen LogP) is -0.663. The van der Waals surface area contributed by atoms with Gasteiger partial charge in [0.15, 0.2) is 5.82 Å². The summed E-state index contributed by atoms with van der Waals surface area (Å²) in [5.41, 5.74) is 0.0502. The van der Waals surface area contributed by atoms with Gasteiger partial charge in [0.25, 0.3) is 5.56 Å². The van der Waals surface area contributed by atoms with Crippen LogP contribution < -0.4 is 11.2 Å². The van der Waals surface area contributed by atoms with Crippen LogP contribution in [0.4, 0.5) is 0 Å². The molecule has 6 heteroatoms. The normalized spacial score (nSPS) is 10.9. The average Bonchev–Trinajstić information content (AvgIpc) is 2.22. The average molecular weight is 221 g/mol. The number of aliphatic hydroxyl groups excluding tert-OH is 1. The van der Waals surface area contributed by atoms with Crippen molar-refractivity contribution < 1.29 is 5.11 Å². The summed E-state index contributed by atoms with van der Waals surface area (Å²) in [5.74, 6) is 0.308. The molecule has 6 nitrogen and oxygen atoms in total. The van der Waals surface area contributed by atoms with E-state index in [2.05, 4.69) is 9.97 Å². The Balaban J connectivity index is 2.83. The molecule has 0 atom stereocenters. The molecule has 0 aromatic rings. The number of nitrogens with one attached hydrogen (secondary N) is 1. The number of hydrogen-bond donors (Lipinski definition) is 2. The van der Waals surface area contributed by atoms with Crippen molar-refractivity contribution >= 4 is 0 Å². The number of H-pyrrole nitrogens is 1. The third-order valence-corrected chi connectivity index (χ3v) is 2.41. The van der Waals surface area contributed by atoms with Gasteiger partial charge in [-0.25, -0.2) is 4.79 Å². The lowest BCUT2D eigenvalue weighted by atomic mass is 10.2. The number of hydrogen-bond acceptors (Lipinski definition) is 4. The summed E-state index contributed by atoms with van der Waals surface area (Å²) in [7, 11) is 0. The first-order chi connectivity index (χ1) is 7.63. The second kappa shape index (κ2) is 3.90. The lowest BCUT2D eigenvalue weighted by Gasteiger charge is -2.15. The van der Waals surface area contributed by atoms with Gasteiger partial charge in [-0.05, 0) is 19.1 Å². The molecule has 0 saturated carbocycles. The van der Waals surface area contributed by atoms with Gasteiger partial charge in [-0.2, -0.15) is 4.98 Å². The minimum atomic E-state index is -0.671. The van der Waals surface area contributed by atoms with Gasteiger partial charge in [-0.15, -0.1) is 0 Å². The van der Waals surface area contributed by atoms with Gasteiger partial charge in [-0.3, -0.25) is 9.78 Å². The van der Waals surface area contributed by atoms with Crippen LogP contribution >= 0.6 is 0 Å². The van der Waals surface area contributed by atoms with Crippen molar-refractivity contribution in [1.82, 2.24) is 14.5 Å². The highest BCUT2D eigenvalue weighted by molar-refractivity contribution is 5.55. The Kier molecular flexibility index (Phi) is 2.57. The number of pyridine rings is 1. The van der Waals surface area contributed by atoms with Crippen LogP contribution in [0.15, 0.2) is 21.7 Å². The van der Waals surface area contributed by atoms with Gasteiger partial charge in [-0.1, -0.05) is 0 Å². The Bertz CT molecular complexity index is 599. The van der Waals surface area contributed by atoms with Crippen molar-refractivity contribution in [2.75, 3.05) is 6.61 Å². The molecule has 84 valence electrons. The van der Waals surface area contributed by atoms with Crippen LogP contribution in [-0.4, -0.2) is 26.2 Å². The molecule has 0 bridgehead atoms. The second-order valence-corrected chi connectivity index (χ2v) is 3.46. The van der Waals surface area contributed by atoms with E-state index in [1.807, 2.05) is 6.92 Å². The fourth-order valence-corrected chi connectivity index (χ4v) is 1.65. The van der Waals surface area contributed by atoms with E-state index in [1.165, 1.54) is 0 Å². The van der Waals surface area contributed by atoms with Gasteiger partial charge >= 0.3 is 5.69 Å². The number of nitrogens with zero attached hydrogens (tertiary/aromatic N) is 2. The Labute approximate surface area is 90.5 Å². The molecule has 0 saturated heterocycles. The fraction of sp³-hybridized carbons (Fsp3) is 0.300. The van der Waals surface area contributed by atoms with Gasteiger partial charge in [0.05, 0.1) is 12.2 Å². The summed E-state index contributed by atoms with van der Waals surface area (Å²) in [6.45, 7) is 2.05. The van der Waals surface area contributed by atoms with E-state index >= 15 is 0 Å². The lowest BCUT2D eigenvalue weighted by molar-refractivity contribution is 0.274. The maximum Gasteiger partial charge on any atom is 0.349 e. The zero-order valence-corrected chi connectivity index (χ0v) is 8.73. The molecule has 0 aromatic heterocycles. The minimum Gasteiger partial charge on any atom is -0.395 e. The van der Waals surface area contributed by atoms with E-state index in [4.69, 9.17) is 5.11 Å². The topological polar surface area (TPSA) is 88.0 Å². The first-order valence-electron chi connectivity index (χ1n) is 4.85. The number of rotatable bonds is 2. The number of aromatic nitrogens is 3. The molecule has 2 N–H and O–H groups in total. The number of aromatic amines is 1. The van der Waals surface area contributed by atoms with Crippen LogP contribution in [0.25, 0.3) is 11.4 Å². The molecule has 0 spiro atoms. The molecule has 0 fully saturated rings. The van der Waals surface area contributed by atoms with Crippen molar-refractivity contribution in [3.8, 4) is 11.4 Å². The molecular weight excluding hydrogens is 210 g/mol. The highest BCUT2D eigenvalue weighted by atomic mass is 16.3. The molecule has 2 heterocycles. The van der Waals surface area contributed by atoms with Crippen molar-refractivity contribution in [1.29, 1.82) is 0 Å². The third kappa shape index (κ3) is 1.63. The molecule has 0 unspecified atom stereocenters. The molecule has 0 aromatic carbocycles. The monoisotopic (exact) mass is 221 g/mol. The van der Waals surface area contributed by atoms with Crippen LogP contribution in [0.5, 0.6) is 0 Å². The maximum absolute atomic E-state index is 11.5. The second-order valence-electron chi connectivity index (χ2n) is 3.46. The van der Waals surface area contributed by atoms with E-state index in [1.54, 1.807) is 16.7 Å². The summed E-state index contributed by atoms with van der Waals surface area (Å²) in [4.78, 5) is 28.5. The molecule has 2 rings (SSSR count). The predicted molar refractivity (Wildman–Crippen MR) is 57.6 cm³/mol. The summed E-state index contributed by atoms with van der Waals surface area (Å²) in [6.07, 6.45) is 0. The fourth-order valence-electron chi connectivity index (χ4n) is 1.65. The summed E-state index contributed by atoms with van der Waals surface area (Å²) < 4.78 is 1.64. The first kappa shape index (κ1) is 10.6. The number of fused-ring (bicyclic) bond motifs is 1. The van der Waals surface area contributed by atoms with E-state index in [9.17, 15) is 9.59 Å². The molecule has 2 aliphatic rings. The summed E-state index contributed by atoms with van der Waals surface area (Å²) >= 11 is 0. The molecule has 0 aliphatic carbocycles. The molecular formula is C10H11N3O3. The zero-order valence-electron chi connectivity index (χ0n) is 8.73. The molecule has 0 amide bonds. The van der Waals surface area contributed by atoms with Crippen LogP contribution in [0.1, 0.15) is 5.69 Å². The molecule has 16 heavy (non-hydrogen) atoms. The van der Waals surface area contributed by atoms with E-state index in [0.29, 0.717) is 17.9 Å². The Morgan fingerprint density at radius 2 is 2.19 bits per heavy atom. The quantitative estimate of drug-likeness (QED) is 0.704. The number of aryl methyl sites for hydroxylation is 1. The minimum absolute atomic E-state index is 0.0761. The SMILES string of the molecule is Cc1ccc2c(=O)[nH]c(=O)nc-2n1CCO. The Morgan fingerprint density at radius 3 is 2.88 bits per heavy atom. The van der Waals surface area contributed by atoms with Crippen LogP contribution in [0.2, 0.25) is 0 Å². The van der Waals surface area contributed by atoms with E-state index in [0.717, 1.165) is 5.69 Å². The van der Waals surface area contributed by atoms with Crippen LogP contribution in [-0.2, 0) is 6.54 Å². The Morgan fingerprint density at radius 1 is 1.44 bits per heavy atom. The summed E-state index contributed by atoms with van der Waals surface area (Å²) in [6, 6.07) is 3.36. The maximum atomic E-state index is 11.5. The smallest absolute Gasteiger partial charge is 0.349 e. The van der Waals surface area contributed by atoms with Crippen molar-refractivity contribution in [3.05, 3.63) is 38.7 Å². The van der Waals surface area contributed by atoms with Gasteiger partial charge in [0.2, 0.25) is 0 Å². The van der Waals surface area contributed by atoms with Gasteiger partial charge in [0.1, 0.15) is 0 Å². The van der Waals surface area contributed by atoms with Crippen LogP contribution in [0, 0.1) is 6.92 Å². The Hall–Kier alpha value is -1.95. The summed E-state index contributed by atoms with van der Waals surface area (Å²) in [5, 5.41) is 8.93. The molecule has 0 radical (unpaired) electrons. The van der Waals surface area contributed by atoms with Crippen molar-refractivity contribution in [3.63, 3.8) is 0 Å². The number of aliphatic hydroxyl groups is 1. The van der Waals surface area contributed by atoms with Gasteiger partial charge < -0.3 is 9.67 Å². The van der Waals surface area contributed by atoms with E-state index < -0.39 is 11.2 Å².